The summed E-state index contributed by atoms with van der Waals surface area (Å²) in [6.45, 7) is 8.07. The van der Waals surface area contributed by atoms with Gasteiger partial charge in [-0.1, -0.05) is 23.9 Å². The van der Waals surface area contributed by atoms with Gasteiger partial charge in [0.25, 0.3) is 0 Å². The van der Waals surface area contributed by atoms with Crippen LogP contribution in [0.2, 0.25) is 0 Å². The van der Waals surface area contributed by atoms with Gasteiger partial charge in [0.05, 0.1) is 20.3 Å². The van der Waals surface area contributed by atoms with Gasteiger partial charge in [0.2, 0.25) is 0 Å². The van der Waals surface area contributed by atoms with E-state index in [1.807, 2.05) is 19.1 Å². The van der Waals surface area contributed by atoms with Crippen molar-refractivity contribution >= 4 is 28.7 Å². The van der Waals surface area contributed by atoms with Crippen molar-refractivity contribution in [3.8, 4) is 5.75 Å². The fourth-order valence-electron chi connectivity index (χ4n) is 3.38. The molecule has 0 atom stereocenters. The molecule has 28 heavy (non-hydrogen) atoms. The largest absolute Gasteiger partial charge is 0.497 e. The van der Waals surface area contributed by atoms with Crippen molar-refractivity contribution < 1.29 is 9.47 Å². The lowest BCUT2D eigenvalue weighted by Crippen LogP contribution is -2.37. The minimum absolute atomic E-state index is 0.716. The molecule has 0 N–H and O–H groups in total. The number of hydrogen-bond acceptors (Lipinski definition) is 7. The minimum atomic E-state index is 0.716. The number of methoxy groups -OCH3 is 1. The van der Waals surface area contributed by atoms with E-state index in [2.05, 4.69) is 28.5 Å². The molecular formula is C20H25N5O2S. The van der Waals surface area contributed by atoms with Gasteiger partial charge < -0.3 is 18.9 Å². The molecule has 0 bridgehead atoms. The molecule has 0 saturated carbocycles. The minimum Gasteiger partial charge on any atom is -0.497 e. The Kier molecular flexibility index (Phi) is 5.68. The average Bonchev–Trinajstić information content (AvgIpc) is 3.07. The molecule has 0 unspecified atom stereocenters. The molecule has 8 heteroatoms. The van der Waals surface area contributed by atoms with Crippen molar-refractivity contribution in [1.82, 2.24) is 19.5 Å². The third-order valence-corrected chi connectivity index (χ3v) is 5.82. The first-order valence-corrected chi connectivity index (χ1v) is 10.5. The van der Waals surface area contributed by atoms with Crippen molar-refractivity contribution in [3.63, 3.8) is 0 Å². The lowest BCUT2D eigenvalue weighted by molar-refractivity contribution is 0.122. The number of morpholine rings is 1. The van der Waals surface area contributed by atoms with Gasteiger partial charge in [-0.15, -0.1) is 0 Å². The Balaban J connectivity index is 1.66. The molecule has 1 fully saturated rings. The first kappa shape index (κ1) is 19.0. The first-order valence-electron chi connectivity index (χ1n) is 9.53. The van der Waals surface area contributed by atoms with E-state index < -0.39 is 0 Å². The second kappa shape index (κ2) is 8.36. The first-order chi connectivity index (χ1) is 13.7. The van der Waals surface area contributed by atoms with Crippen LogP contribution in [0.1, 0.15) is 18.3 Å². The number of benzene rings is 1. The maximum absolute atomic E-state index is 5.51. The van der Waals surface area contributed by atoms with Gasteiger partial charge in [0, 0.05) is 25.4 Å². The molecular weight excluding hydrogens is 374 g/mol. The van der Waals surface area contributed by atoms with Crippen LogP contribution < -0.4 is 9.64 Å². The summed E-state index contributed by atoms with van der Waals surface area (Å²) in [5, 5.41) is 0.777. The molecule has 1 aromatic carbocycles. The molecule has 3 heterocycles. The van der Waals surface area contributed by atoms with E-state index in [0.717, 1.165) is 59.1 Å². The molecule has 7 nitrogen and oxygen atoms in total. The number of aromatic nitrogens is 4. The summed E-state index contributed by atoms with van der Waals surface area (Å²) in [6, 6.07) is 8.12. The Hall–Kier alpha value is -2.32. The van der Waals surface area contributed by atoms with Crippen molar-refractivity contribution in [2.45, 2.75) is 31.3 Å². The smallest absolute Gasteiger partial charge is 0.191 e. The predicted octanol–water partition coefficient (Wildman–Crippen LogP) is 3.29. The Bertz CT molecular complexity index is 951. The van der Waals surface area contributed by atoms with Crippen LogP contribution in [-0.2, 0) is 17.0 Å². The summed E-state index contributed by atoms with van der Waals surface area (Å²) in [6.07, 6.45) is 0. The average molecular weight is 400 g/mol. The highest BCUT2D eigenvalue weighted by Crippen LogP contribution is 2.29. The molecule has 0 radical (unpaired) electrons. The van der Waals surface area contributed by atoms with Gasteiger partial charge in [0.15, 0.2) is 22.1 Å². The van der Waals surface area contributed by atoms with Crippen LogP contribution in [0.5, 0.6) is 5.75 Å². The van der Waals surface area contributed by atoms with Gasteiger partial charge in [-0.3, -0.25) is 0 Å². The van der Waals surface area contributed by atoms with Crippen molar-refractivity contribution in [3.05, 3.63) is 35.7 Å². The fraction of sp³-hybridized carbons (Fsp3) is 0.450. The van der Waals surface area contributed by atoms with Gasteiger partial charge >= 0.3 is 0 Å². The van der Waals surface area contributed by atoms with Crippen LogP contribution in [0.3, 0.4) is 0 Å². The van der Waals surface area contributed by atoms with Crippen LogP contribution in [-0.4, -0.2) is 52.9 Å². The van der Waals surface area contributed by atoms with Crippen LogP contribution in [0.25, 0.3) is 11.2 Å². The standard InChI is InChI=1S/C20H25N5O2S/c1-4-25-14(2)21-17-18(24-9-11-27-12-10-24)22-20(23-19(17)25)28-13-15-5-7-16(26-3)8-6-15/h5-8H,4,9-13H2,1-3H3. The number of aryl methyl sites for hydroxylation is 2. The Morgan fingerprint density at radius 2 is 1.86 bits per heavy atom. The summed E-state index contributed by atoms with van der Waals surface area (Å²) in [5.74, 6) is 3.56. The zero-order valence-corrected chi connectivity index (χ0v) is 17.3. The summed E-state index contributed by atoms with van der Waals surface area (Å²) in [5.41, 5.74) is 3.01. The maximum Gasteiger partial charge on any atom is 0.191 e. The molecule has 3 aromatic rings. The Morgan fingerprint density at radius 1 is 1.11 bits per heavy atom. The van der Waals surface area contributed by atoms with E-state index in [1.54, 1.807) is 18.9 Å². The SMILES string of the molecule is CCn1c(C)nc2c(N3CCOCC3)nc(SCc3ccc(OC)cc3)nc21. The quantitative estimate of drug-likeness (QED) is 0.465. The summed E-state index contributed by atoms with van der Waals surface area (Å²) < 4.78 is 12.9. The second-order valence-corrected chi connectivity index (χ2v) is 7.58. The summed E-state index contributed by atoms with van der Waals surface area (Å²) in [4.78, 5) is 16.8. The third kappa shape index (κ3) is 3.79. The van der Waals surface area contributed by atoms with E-state index in [0.29, 0.717) is 13.2 Å². The maximum atomic E-state index is 5.51. The third-order valence-electron chi connectivity index (χ3n) is 4.90. The number of hydrogen-bond donors (Lipinski definition) is 0. The van der Waals surface area contributed by atoms with E-state index in [-0.39, 0.29) is 0 Å². The van der Waals surface area contributed by atoms with Crippen molar-refractivity contribution in [1.29, 1.82) is 0 Å². The van der Waals surface area contributed by atoms with Crippen molar-refractivity contribution in [2.24, 2.45) is 0 Å². The molecule has 0 aliphatic carbocycles. The fourth-order valence-corrected chi connectivity index (χ4v) is 4.17. The normalized spacial score (nSPS) is 14.6. The Labute approximate surface area is 169 Å². The van der Waals surface area contributed by atoms with E-state index in [1.165, 1.54) is 5.56 Å². The molecule has 148 valence electrons. The molecule has 2 aromatic heterocycles. The summed E-state index contributed by atoms with van der Waals surface area (Å²) >= 11 is 1.65. The van der Waals surface area contributed by atoms with Gasteiger partial charge in [0.1, 0.15) is 11.6 Å². The molecule has 1 aliphatic rings. The van der Waals surface area contributed by atoms with Crippen LogP contribution in [0, 0.1) is 6.92 Å². The number of nitrogens with zero attached hydrogens (tertiary/aromatic N) is 5. The zero-order chi connectivity index (χ0) is 19.5. The molecule has 0 spiro atoms. The van der Waals surface area contributed by atoms with Crippen LogP contribution in [0.4, 0.5) is 5.82 Å². The lowest BCUT2D eigenvalue weighted by atomic mass is 10.2. The number of thioether (sulfide) groups is 1. The van der Waals surface area contributed by atoms with E-state index in [9.17, 15) is 0 Å². The number of imidazole rings is 1. The molecule has 4 rings (SSSR count). The number of rotatable bonds is 6. The lowest BCUT2D eigenvalue weighted by Gasteiger charge is -2.28. The molecule has 1 saturated heterocycles. The second-order valence-electron chi connectivity index (χ2n) is 6.64. The van der Waals surface area contributed by atoms with E-state index >= 15 is 0 Å². The number of fused-ring (bicyclic) bond motifs is 1. The topological polar surface area (TPSA) is 65.3 Å². The van der Waals surface area contributed by atoms with Crippen molar-refractivity contribution in [2.75, 3.05) is 38.3 Å². The van der Waals surface area contributed by atoms with Gasteiger partial charge in [-0.25, -0.2) is 15.0 Å². The van der Waals surface area contributed by atoms with E-state index in [4.69, 9.17) is 24.4 Å². The molecule has 1 aliphatic heterocycles. The monoisotopic (exact) mass is 399 g/mol. The van der Waals surface area contributed by atoms with Gasteiger partial charge in [-0.2, -0.15) is 0 Å². The summed E-state index contributed by atoms with van der Waals surface area (Å²) in [7, 11) is 1.68. The Morgan fingerprint density at radius 3 is 2.54 bits per heavy atom. The van der Waals surface area contributed by atoms with Crippen LogP contribution in [0.15, 0.2) is 29.4 Å². The zero-order valence-electron chi connectivity index (χ0n) is 16.5. The van der Waals surface area contributed by atoms with Gasteiger partial charge in [-0.05, 0) is 31.5 Å². The molecule has 0 amide bonds. The number of anilines is 1. The highest BCUT2D eigenvalue weighted by molar-refractivity contribution is 7.98. The number of ether oxygens (including phenoxy) is 2. The highest BCUT2D eigenvalue weighted by Gasteiger charge is 2.21. The highest BCUT2D eigenvalue weighted by atomic mass is 32.2. The van der Waals surface area contributed by atoms with Crippen LogP contribution >= 0.6 is 11.8 Å². The predicted molar refractivity (Wildman–Crippen MR) is 111 cm³/mol.